The molecule has 0 saturated carbocycles. The summed E-state index contributed by atoms with van der Waals surface area (Å²) >= 11 is 0. The number of amides is 2. The van der Waals surface area contributed by atoms with Gasteiger partial charge in [0.25, 0.3) is 0 Å². The second kappa shape index (κ2) is 10.1. The Kier molecular flexibility index (Phi) is 7.85. The van der Waals surface area contributed by atoms with Crippen molar-refractivity contribution in [2.24, 2.45) is 5.92 Å². The summed E-state index contributed by atoms with van der Waals surface area (Å²) in [4.78, 5) is 26.0. The molecule has 1 N–H and O–H groups in total. The summed E-state index contributed by atoms with van der Waals surface area (Å²) in [5.74, 6) is -1.08. The van der Waals surface area contributed by atoms with Gasteiger partial charge in [-0.1, -0.05) is 69.2 Å². The number of ether oxygens (including phenoxy) is 1. The molecule has 0 aliphatic carbocycles. The summed E-state index contributed by atoms with van der Waals surface area (Å²) in [6, 6.07) is 9.36. The summed E-state index contributed by atoms with van der Waals surface area (Å²) in [6.45, 7) is 3.98. The van der Waals surface area contributed by atoms with Crippen molar-refractivity contribution >= 4 is 12.0 Å². The van der Waals surface area contributed by atoms with Crippen molar-refractivity contribution in [3.05, 3.63) is 48.0 Å². The summed E-state index contributed by atoms with van der Waals surface area (Å²) < 4.78 is 5.09. The van der Waals surface area contributed by atoms with Crippen LogP contribution in [0.2, 0.25) is 0 Å². The van der Waals surface area contributed by atoms with Crippen molar-refractivity contribution in [1.82, 2.24) is 4.90 Å². The van der Waals surface area contributed by atoms with E-state index in [9.17, 15) is 14.7 Å². The van der Waals surface area contributed by atoms with Crippen LogP contribution in [-0.2, 0) is 16.0 Å². The number of benzene rings is 1. The van der Waals surface area contributed by atoms with E-state index in [-0.39, 0.29) is 18.6 Å². The smallest absolute Gasteiger partial charge is 0.416 e. The zero-order valence-electron chi connectivity index (χ0n) is 15.6. The van der Waals surface area contributed by atoms with E-state index >= 15 is 0 Å². The number of hydrogen-bond acceptors (Lipinski definition) is 4. The standard InChI is InChI=1S/C21H29NO4/c1-3-4-5-6-10-13-19(23)16(2)20(24)22-18(15-26-21(22)25)14-17-11-8-7-9-12-17/h7-13,16,18-19,23H,3-6,14-15H2,1-2H3/b13-10+/t16-,18+,19-/m0/s1. The molecule has 2 amide bonds. The van der Waals surface area contributed by atoms with E-state index in [1.54, 1.807) is 13.0 Å². The first-order valence-electron chi connectivity index (χ1n) is 9.43. The molecule has 0 spiro atoms. The lowest BCUT2D eigenvalue weighted by atomic mass is 10.00. The van der Waals surface area contributed by atoms with Gasteiger partial charge in [0.1, 0.15) is 6.61 Å². The largest absolute Gasteiger partial charge is 0.447 e. The molecule has 0 radical (unpaired) electrons. The first-order chi connectivity index (χ1) is 12.5. The molecular formula is C21H29NO4. The van der Waals surface area contributed by atoms with Gasteiger partial charge in [-0.15, -0.1) is 0 Å². The summed E-state index contributed by atoms with van der Waals surface area (Å²) in [5, 5.41) is 10.3. The molecule has 5 heteroatoms. The minimum atomic E-state index is -0.907. The minimum absolute atomic E-state index is 0.190. The van der Waals surface area contributed by atoms with Crippen LogP contribution < -0.4 is 0 Å². The molecule has 2 rings (SSSR count). The van der Waals surface area contributed by atoms with Gasteiger partial charge < -0.3 is 9.84 Å². The summed E-state index contributed by atoms with van der Waals surface area (Å²) in [5.41, 5.74) is 1.04. The van der Waals surface area contributed by atoms with Crippen LogP contribution in [-0.4, -0.2) is 40.8 Å². The van der Waals surface area contributed by atoms with Gasteiger partial charge in [-0.05, 0) is 24.8 Å². The molecule has 1 aromatic rings. The molecule has 142 valence electrons. The molecule has 1 heterocycles. The van der Waals surface area contributed by atoms with Crippen molar-refractivity contribution in [1.29, 1.82) is 0 Å². The van der Waals surface area contributed by atoms with Crippen molar-refractivity contribution in [2.75, 3.05) is 6.61 Å². The number of allylic oxidation sites excluding steroid dienone is 1. The number of aliphatic hydroxyl groups is 1. The first-order valence-corrected chi connectivity index (χ1v) is 9.43. The van der Waals surface area contributed by atoms with Crippen LogP contribution in [0.4, 0.5) is 4.79 Å². The quantitative estimate of drug-likeness (QED) is 0.539. The van der Waals surface area contributed by atoms with Crippen molar-refractivity contribution in [3.63, 3.8) is 0 Å². The Morgan fingerprint density at radius 1 is 1.35 bits per heavy atom. The van der Waals surface area contributed by atoms with Gasteiger partial charge >= 0.3 is 6.09 Å². The maximum absolute atomic E-state index is 12.8. The van der Waals surface area contributed by atoms with E-state index in [1.807, 2.05) is 36.4 Å². The molecule has 26 heavy (non-hydrogen) atoms. The predicted octanol–water partition coefficient (Wildman–Crippen LogP) is 3.71. The van der Waals surface area contributed by atoms with Crippen LogP contribution in [0.3, 0.4) is 0 Å². The van der Waals surface area contributed by atoms with E-state index in [4.69, 9.17) is 4.74 Å². The van der Waals surface area contributed by atoms with Gasteiger partial charge in [-0.25, -0.2) is 9.69 Å². The number of cyclic esters (lactones) is 1. The second-order valence-electron chi connectivity index (χ2n) is 6.83. The zero-order valence-corrected chi connectivity index (χ0v) is 15.6. The molecule has 3 atom stereocenters. The van der Waals surface area contributed by atoms with Gasteiger partial charge in [0.05, 0.1) is 18.1 Å². The fourth-order valence-electron chi connectivity index (χ4n) is 3.05. The van der Waals surface area contributed by atoms with Crippen molar-refractivity contribution in [3.8, 4) is 0 Å². The summed E-state index contributed by atoms with van der Waals surface area (Å²) in [6.07, 6.45) is 6.83. The number of carbonyl (C=O) groups excluding carboxylic acids is 2. The Morgan fingerprint density at radius 2 is 2.08 bits per heavy atom. The van der Waals surface area contributed by atoms with Crippen molar-refractivity contribution in [2.45, 2.75) is 58.1 Å². The van der Waals surface area contributed by atoms with Crippen LogP contribution in [0, 0.1) is 5.92 Å². The third-order valence-electron chi connectivity index (χ3n) is 4.72. The molecule has 1 fully saturated rings. The third kappa shape index (κ3) is 5.43. The molecule has 1 aromatic carbocycles. The zero-order chi connectivity index (χ0) is 18.9. The maximum atomic E-state index is 12.8. The third-order valence-corrected chi connectivity index (χ3v) is 4.72. The van der Waals surface area contributed by atoms with Crippen LogP contribution in [0.25, 0.3) is 0 Å². The Bertz CT molecular complexity index is 614. The highest BCUT2D eigenvalue weighted by molar-refractivity contribution is 5.95. The molecule has 5 nitrogen and oxygen atoms in total. The average Bonchev–Trinajstić information content (AvgIpc) is 3.01. The summed E-state index contributed by atoms with van der Waals surface area (Å²) in [7, 11) is 0. The lowest BCUT2D eigenvalue weighted by molar-refractivity contribution is -0.135. The van der Waals surface area contributed by atoms with E-state index in [0.717, 1.165) is 31.2 Å². The number of nitrogens with zero attached hydrogens (tertiary/aromatic N) is 1. The van der Waals surface area contributed by atoms with Gasteiger partial charge in [-0.2, -0.15) is 0 Å². The highest BCUT2D eigenvalue weighted by Crippen LogP contribution is 2.21. The van der Waals surface area contributed by atoms with Gasteiger partial charge in [0.2, 0.25) is 5.91 Å². The van der Waals surface area contributed by atoms with Gasteiger partial charge in [-0.3, -0.25) is 4.79 Å². The number of carbonyl (C=O) groups is 2. The van der Waals surface area contributed by atoms with Gasteiger partial charge in [0.15, 0.2) is 0 Å². The van der Waals surface area contributed by atoms with Crippen LogP contribution in [0.1, 0.15) is 45.1 Å². The molecule has 0 bridgehead atoms. The number of rotatable bonds is 9. The Morgan fingerprint density at radius 3 is 2.77 bits per heavy atom. The minimum Gasteiger partial charge on any atom is -0.447 e. The highest BCUT2D eigenvalue weighted by atomic mass is 16.6. The Hall–Kier alpha value is -2.14. The van der Waals surface area contributed by atoms with Gasteiger partial charge in [0, 0.05) is 0 Å². The number of unbranched alkanes of at least 4 members (excludes halogenated alkanes) is 3. The average molecular weight is 359 g/mol. The molecule has 0 unspecified atom stereocenters. The van der Waals surface area contributed by atoms with E-state index < -0.39 is 18.1 Å². The molecule has 1 aliphatic rings. The van der Waals surface area contributed by atoms with Crippen LogP contribution in [0.15, 0.2) is 42.5 Å². The normalized spacial score (nSPS) is 19.6. The fourth-order valence-corrected chi connectivity index (χ4v) is 3.05. The second-order valence-corrected chi connectivity index (χ2v) is 6.83. The number of hydrogen-bond donors (Lipinski definition) is 1. The van der Waals surface area contributed by atoms with E-state index in [2.05, 4.69) is 6.92 Å². The monoisotopic (exact) mass is 359 g/mol. The molecule has 1 saturated heterocycles. The lowest BCUT2D eigenvalue weighted by Gasteiger charge is -2.24. The Balaban J connectivity index is 1.97. The van der Waals surface area contributed by atoms with Crippen molar-refractivity contribution < 1.29 is 19.4 Å². The number of imide groups is 1. The van der Waals surface area contributed by atoms with E-state index in [1.165, 1.54) is 4.90 Å². The predicted molar refractivity (Wildman–Crippen MR) is 101 cm³/mol. The van der Waals surface area contributed by atoms with E-state index in [0.29, 0.717) is 6.42 Å². The van der Waals surface area contributed by atoms with Crippen LogP contribution in [0.5, 0.6) is 0 Å². The lowest BCUT2D eigenvalue weighted by Crippen LogP contribution is -2.45. The molecule has 1 aliphatic heterocycles. The molecule has 0 aromatic heterocycles. The first kappa shape index (κ1) is 20.2. The number of aliphatic hydroxyl groups excluding tert-OH is 1. The maximum Gasteiger partial charge on any atom is 0.416 e. The van der Waals surface area contributed by atoms with Crippen LogP contribution >= 0.6 is 0 Å². The Labute approximate surface area is 155 Å². The highest BCUT2D eigenvalue weighted by Gasteiger charge is 2.40. The molecular weight excluding hydrogens is 330 g/mol. The SMILES string of the molecule is CCCCC/C=C/[C@H](O)[C@H](C)C(=O)N1C(=O)OC[C@H]1Cc1ccccc1. The topological polar surface area (TPSA) is 66.8 Å². The fraction of sp³-hybridized carbons (Fsp3) is 0.524.